The van der Waals surface area contributed by atoms with Crippen molar-refractivity contribution < 1.29 is 9.53 Å². The van der Waals surface area contributed by atoms with E-state index < -0.39 is 0 Å². The van der Waals surface area contributed by atoms with Crippen molar-refractivity contribution in [3.8, 4) is 5.75 Å². The highest BCUT2D eigenvalue weighted by atomic mass is 16.5. The van der Waals surface area contributed by atoms with Crippen LogP contribution in [0.1, 0.15) is 48.9 Å². The molecule has 0 atom stereocenters. The number of hydrogen-bond donors (Lipinski definition) is 1. The second kappa shape index (κ2) is 9.21. The number of nitrogens with one attached hydrogen (secondary N) is 1. The summed E-state index contributed by atoms with van der Waals surface area (Å²) in [7, 11) is 1.60. The molecular formula is C24H31N3O2. The van der Waals surface area contributed by atoms with Crippen molar-refractivity contribution in [2.75, 3.05) is 48.4 Å². The maximum atomic E-state index is 13.1. The second-order valence-electron chi connectivity index (χ2n) is 7.95. The van der Waals surface area contributed by atoms with Crippen LogP contribution < -0.4 is 19.9 Å². The lowest BCUT2D eigenvalue weighted by Crippen LogP contribution is -2.31. The van der Waals surface area contributed by atoms with Gasteiger partial charge in [-0.3, -0.25) is 4.79 Å². The van der Waals surface area contributed by atoms with E-state index in [9.17, 15) is 4.79 Å². The van der Waals surface area contributed by atoms with Crippen molar-refractivity contribution >= 4 is 23.0 Å². The van der Waals surface area contributed by atoms with Gasteiger partial charge in [-0.25, -0.2) is 0 Å². The van der Waals surface area contributed by atoms with E-state index in [1.807, 2.05) is 24.3 Å². The summed E-state index contributed by atoms with van der Waals surface area (Å²) in [6.07, 6.45) is 7.46. The first kappa shape index (κ1) is 19.6. The van der Waals surface area contributed by atoms with E-state index in [0.29, 0.717) is 11.3 Å². The first-order valence-corrected chi connectivity index (χ1v) is 10.8. The monoisotopic (exact) mass is 393 g/mol. The Labute approximate surface area is 173 Å². The first-order valence-electron chi connectivity index (χ1n) is 10.8. The molecule has 0 bridgehead atoms. The molecule has 29 heavy (non-hydrogen) atoms. The Morgan fingerprint density at radius 3 is 2.21 bits per heavy atom. The molecule has 2 aromatic rings. The fourth-order valence-electron chi connectivity index (χ4n) is 4.41. The molecule has 0 unspecified atom stereocenters. The number of amides is 1. The molecule has 5 heteroatoms. The zero-order valence-corrected chi connectivity index (χ0v) is 17.3. The van der Waals surface area contributed by atoms with Crippen LogP contribution in [0.2, 0.25) is 0 Å². The van der Waals surface area contributed by atoms with Crippen LogP contribution >= 0.6 is 0 Å². The van der Waals surface area contributed by atoms with Crippen molar-refractivity contribution in [2.45, 2.75) is 38.5 Å². The van der Waals surface area contributed by atoms with Gasteiger partial charge < -0.3 is 19.9 Å². The molecule has 1 N–H and O–H groups in total. The Morgan fingerprint density at radius 1 is 0.862 bits per heavy atom. The highest BCUT2D eigenvalue weighted by Crippen LogP contribution is 2.34. The summed E-state index contributed by atoms with van der Waals surface area (Å²) in [6, 6.07) is 13.9. The molecule has 5 nitrogen and oxygen atoms in total. The van der Waals surface area contributed by atoms with Crippen LogP contribution in [-0.2, 0) is 0 Å². The average molecular weight is 394 g/mol. The van der Waals surface area contributed by atoms with Crippen molar-refractivity contribution in [1.82, 2.24) is 0 Å². The van der Waals surface area contributed by atoms with Gasteiger partial charge >= 0.3 is 0 Å². The number of rotatable bonds is 5. The Bertz CT molecular complexity index is 840. The number of carbonyl (C=O) groups is 1. The van der Waals surface area contributed by atoms with Gasteiger partial charge in [-0.15, -0.1) is 0 Å². The van der Waals surface area contributed by atoms with E-state index in [-0.39, 0.29) is 5.91 Å². The Hall–Kier alpha value is -2.69. The van der Waals surface area contributed by atoms with Crippen molar-refractivity contribution in [1.29, 1.82) is 0 Å². The lowest BCUT2D eigenvalue weighted by molar-refractivity contribution is 0.102. The lowest BCUT2D eigenvalue weighted by atomic mass is 10.1. The van der Waals surface area contributed by atoms with Crippen molar-refractivity contribution in [2.24, 2.45) is 0 Å². The largest absolute Gasteiger partial charge is 0.496 e. The maximum Gasteiger partial charge on any atom is 0.259 e. The normalized spacial score (nSPS) is 17.1. The van der Waals surface area contributed by atoms with Crippen molar-refractivity contribution in [3.05, 3.63) is 48.0 Å². The molecule has 154 valence electrons. The van der Waals surface area contributed by atoms with Gasteiger partial charge in [-0.1, -0.05) is 12.1 Å². The molecule has 2 saturated heterocycles. The molecule has 0 saturated carbocycles. The van der Waals surface area contributed by atoms with Crippen LogP contribution in [0, 0.1) is 0 Å². The number of hydrogen-bond acceptors (Lipinski definition) is 4. The minimum atomic E-state index is -0.128. The third-order valence-electron chi connectivity index (χ3n) is 6.00. The van der Waals surface area contributed by atoms with E-state index in [4.69, 9.17) is 4.74 Å². The predicted octanol–water partition coefficient (Wildman–Crippen LogP) is 4.93. The standard InChI is InChI=1S/C24H31N3O2/c1-29-23-11-5-4-10-20(23)24(28)25-21-18-19(26-14-6-2-7-15-26)12-13-22(21)27-16-8-3-9-17-27/h4-5,10-13,18H,2-3,6-9,14-17H2,1H3,(H,25,28). The van der Waals surface area contributed by atoms with Crippen LogP contribution in [0.5, 0.6) is 5.75 Å². The summed E-state index contributed by atoms with van der Waals surface area (Å²) in [5.41, 5.74) is 3.77. The van der Waals surface area contributed by atoms with Gasteiger partial charge in [-0.05, 0) is 68.9 Å². The first-order chi connectivity index (χ1) is 14.3. The van der Waals surface area contributed by atoms with E-state index in [0.717, 1.165) is 37.6 Å². The smallest absolute Gasteiger partial charge is 0.259 e. The number of benzene rings is 2. The molecule has 2 aliphatic rings. The Balaban J connectivity index is 1.64. The highest BCUT2D eigenvalue weighted by molar-refractivity contribution is 6.08. The number of piperidine rings is 2. The molecular weight excluding hydrogens is 362 g/mol. The fourth-order valence-corrected chi connectivity index (χ4v) is 4.41. The lowest BCUT2D eigenvalue weighted by Gasteiger charge is -2.33. The fraction of sp³-hybridized carbons (Fsp3) is 0.458. The number of methoxy groups -OCH3 is 1. The predicted molar refractivity (Wildman–Crippen MR) is 120 cm³/mol. The molecule has 2 heterocycles. The number of anilines is 3. The molecule has 1 amide bonds. The van der Waals surface area contributed by atoms with Gasteiger partial charge in [0.2, 0.25) is 0 Å². The molecule has 0 spiro atoms. The molecule has 2 aliphatic heterocycles. The van der Waals surface area contributed by atoms with Gasteiger partial charge in [0.1, 0.15) is 5.75 Å². The second-order valence-corrected chi connectivity index (χ2v) is 7.95. The van der Waals surface area contributed by atoms with Crippen LogP contribution in [0.25, 0.3) is 0 Å². The Kier molecular flexibility index (Phi) is 6.23. The van der Waals surface area contributed by atoms with Gasteiger partial charge in [0.15, 0.2) is 0 Å². The van der Waals surface area contributed by atoms with E-state index in [1.54, 1.807) is 7.11 Å². The van der Waals surface area contributed by atoms with Crippen LogP contribution in [0.3, 0.4) is 0 Å². The van der Waals surface area contributed by atoms with Crippen LogP contribution in [0.4, 0.5) is 17.1 Å². The summed E-state index contributed by atoms with van der Waals surface area (Å²) >= 11 is 0. The number of nitrogens with zero attached hydrogens (tertiary/aromatic N) is 2. The van der Waals surface area contributed by atoms with Gasteiger partial charge in [0.05, 0.1) is 24.0 Å². The van der Waals surface area contributed by atoms with Gasteiger partial charge in [0, 0.05) is 31.9 Å². The summed E-state index contributed by atoms with van der Waals surface area (Å²) in [4.78, 5) is 17.9. The van der Waals surface area contributed by atoms with Crippen LogP contribution in [-0.4, -0.2) is 39.2 Å². The van der Waals surface area contributed by atoms with E-state index >= 15 is 0 Å². The average Bonchev–Trinajstić information content (AvgIpc) is 2.80. The highest BCUT2D eigenvalue weighted by Gasteiger charge is 2.20. The molecule has 4 rings (SSSR count). The zero-order valence-electron chi connectivity index (χ0n) is 17.3. The third kappa shape index (κ3) is 4.50. The Morgan fingerprint density at radius 2 is 1.52 bits per heavy atom. The van der Waals surface area contributed by atoms with Crippen LogP contribution in [0.15, 0.2) is 42.5 Å². The maximum absolute atomic E-state index is 13.1. The van der Waals surface area contributed by atoms with Gasteiger partial charge in [-0.2, -0.15) is 0 Å². The zero-order chi connectivity index (χ0) is 20.1. The van der Waals surface area contributed by atoms with E-state index in [1.165, 1.54) is 44.2 Å². The van der Waals surface area contributed by atoms with E-state index in [2.05, 4.69) is 33.3 Å². The minimum absolute atomic E-state index is 0.128. The molecule has 0 aromatic heterocycles. The number of para-hydroxylation sites is 1. The molecule has 0 radical (unpaired) electrons. The third-order valence-corrected chi connectivity index (χ3v) is 6.00. The summed E-state index contributed by atoms with van der Waals surface area (Å²) in [5.74, 6) is 0.466. The number of carbonyl (C=O) groups excluding carboxylic acids is 1. The summed E-state index contributed by atoms with van der Waals surface area (Å²) < 4.78 is 5.39. The van der Waals surface area contributed by atoms with Crippen molar-refractivity contribution in [3.63, 3.8) is 0 Å². The quantitative estimate of drug-likeness (QED) is 0.782. The van der Waals surface area contributed by atoms with Gasteiger partial charge in [0.25, 0.3) is 5.91 Å². The summed E-state index contributed by atoms with van der Waals surface area (Å²) in [6.45, 7) is 4.26. The number of ether oxygens (including phenoxy) is 1. The minimum Gasteiger partial charge on any atom is -0.496 e. The molecule has 2 fully saturated rings. The molecule has 2 aromatic carbocycles. The summed E-state index contributed by atoms with van der Waals surface area (Å²) in [5, 5.41) is 3.19. The molecule has 0 aliphatic carbocycles. The SMILES string of the molecule is COc1ccccc1C(=O)Nc1cc(N2CCCCC2)ccc1N1CCCCC1. The topological polar surface area (TPSA) is 44.8 Å².